The van der Waals surface area contributed by atoms with Crippen LogP contribution >= 0.6 is 0 Å². The maximum atomic E-state index is 14.5. The number of carbonyl (C=O) groups is 2. The van der Waals surface area contributed by atoms with Gasteiger partial charge in [-0.1, -0.05) is 42.5 Å². The van der Waals surface area contributed by atoms with Crippen molar-refractivity contribution in [2.24, 2.45) is 0 Å². The molecule has 0 aromatic heterocycles. The molecule has 3 aromatic rings. The fourth-order valence-electron chi connectivity index (χ4n) is 2.61. The predicted octanol–water partition coefficient (Wildman–Crippen LogP) is 5.01. The summed E-state index contributed by atoms with van der Waals surface area (Å²) < 4.78 is 19.8. The predicted molar refractivity (Wildman–Crippen MR) is 97.7 cm³/mol. The number of aldehydes is 1. The first-order valence-electron chi connectivity index (χ1n) is 8.20. The van der Waals surface area contributed by atoms with Crippen LogP contribution in [-0.4, -0.2) is 12.3 Å². The Morgan fingerprint density at radius 2 is 1.69 bits per heavy atom. The van der Waals surface area contributed by atoms with E-state index in [4.69, 9.17) is 4.74 Å². The summed E-state index contributed by atoms with van der Waals surface area (Å²) in [6.45, 7) is 1.67. The van der Waals surface area contributed by atoms with E-state index in [1.54, 1.807) is 43.3 Å². The Morgan fingerprint density at radius 3 is 2.31 bits per heavy atom. The van der Waals surface area contributed by atoms with Crippen LogP contribution in [0.15, 0.2) is 72.8 Å². The Hall–Kier alpha value is -3.27. The number of hydrogen-bond acceptors (Lipinski definition) is 3. The second kappa shape index (κ2) is 7.74. The van der Waals surface area contributed by atoms with Crippen molar-refractivity contribution in [2.75, 3.05) is 0 Å². The molecule has 1 atom stereocenters. The molecule has 0 amide bonds. The van der Waals surface area contributed by atoms with E-state index in [1.807, 2.05) is 30.3 Å². The zero-order valence-electron chi connectivity index (χ0n) is 14.2. The maximum absolute atomic E-state index is 14.5. The van der Waals surface area contributed by atoms with Gasteiger partial charge in [0.25, 0.3) is 0 Å². The highest BCUT2D eigenvalue weighted by atomic mass is 19.1. The molecule has 0 aliphatic heterocycles. The minimum atomic E-state index is -0.625. The Bertz CT molecular complexity index is 918. The summed E-state index contributed by atoms with van der Waals surface area (Å²) in [6, 6.07) is 20.2. The summed E-state index contributed by atoms with van der Waals surface area (Å²) in [6.07, 6.45) is 0.714. The van der Waals surface area contributed by atoms with Gasteiger partial charge in [0, 0.05) is 11.1 Å². The first-order chi connectivity index (χ1) is 12.6. The van der Waals surface area contributed by atoms with Gasteiger partial charge in [-0.2, -0.15) is 0 Å². The van der Waals surface area contributed by atoms with E-state index in [0.29, 0.717) is 28.7 Å². The summed E-state index contributed by atoms with van der Waals surface area (Å²) in [7, 11) is 0. The van der Waals surface area contributed by atoms with Crippen LogP contribution in [0.4, 0.5) is 4.39 Å². The number of rotatable bonds is 5. The van der Waals surface area contributed by atoms with Gasteiger partial charge >= 0.3 is 5.97 Å². The van der Waals surface area contributed by atoms with Gasteiger partial charge in [0.15, 0.2) is 0 Å². The number of ether oxygens (including phenoxy) is 1. The van der Waals surface area contributed by atoms with Gasteiger partial charge in [0.05, 0.1) is 5.92 Å². The molecule has 0 saturated heterocycles. The average Bonchev–Trinajstić information content (AvgIpc) is 2.68. The lowest BCUT2D eigenvalue weighted by molar-refractivity contribution is -0.135. The number of halogens is 1. The molecule has 3 aromatic carbocycles. The molecule has 0 aliphatic carbocycles. The Labute approximate surface area is 151 Å². The highest BCUT2D eigenvalue weighted by Crippen LogP contribution is 2.27. The molecule has 0 aliphatic rings. The van der Waals surface area contributed by atoms with Gasteiger partial charge in [-0.3, -0.25) is 9.59 Å². The van der Waals surface area contributed by atoms with Crippen LogP contribution in [-0.2, 0) is 4.79 Å². The number of esters is 1. The third kappa shape index (κ3) is 3.86. The van der Waals surface area contributed by atoms with Gasteiger partial charge in [-0.05, 0) is 48.4 Å². The molecular weight excluding hydrogens is 331 g/mol. The molecule has 1 unspecified atom stereocenters. The summed E-state index contributed by atoms with van der Waals surface area (Å²) >= 11 is 0. The van der Waals surface area contributed by atoms with E-state index in [9.17, 15) is 14.0 Å². The molecule has 130 valence electrons. The topological polar surface area (TPSA) is 43.4 Å². The number of hydrogen-bond donors (Lipinski definition) is 0. The zero-order chi connectivity index (χ0) is 18.5. The molecule has 26 heavy (non-hydrogen) atoms. The molecule has 0 radical (unpaired) electrons. The fraction of sp³-hybridized carbons (Fsp3) is 0.0909. The highest BCUT2D eigenvalue weighted by Gasteiger charge is 2.19. The van der Waals surface area contributed by atoms with Gasteiger partial charge in [-0.15, -0.1) is 0 Å². The minimum Gasteiger partial charge on any atom is -0.426 e. The summed E-state index contributed by atoms with van der Waals surface area (Å²) in [5.74, 6) is -1.16. The molecule has 3 rings (SSSR count). The quantitative estimate of drug-likeness (QED) is 0.370. The molecule has 0 heterocycles. The van der Waals surface area contributed by atoms with Gasteiger partial charge in [-0.25, -0.2) is 4.39 Å². The monoisotopic (exact) mass is 348 g/mol. The van der Waals surface area contributed by atoms with Crippen LogP contribution in [0.5, 0.6) is 5.75 Å². The SMILES string of the molecule is CC(C(=O)Oc1ccc(C=O)cc1)c1ccc(-c2ccccc2)c(F)c1. The Balaban J connectivity index is 1.76. The second-order valence-electron chi connectivity index (χ2n) is 5.93. The van der Waals surface area contributed by atoms with Gasteiger partial charge in [0.1, 0.15) is 17.9 Å². The molecule has 0 fully saturated rings. The molecule has 3 nitrogen and oxygen atoms in total. The van der Waals surface area contributed by atoms with E-state index in [2.05, 4.69) is 0 Å². The molecule has 0 N–H and O–H groups in total. The first kappa shape index (κ1) is 17.5. The normalized spacial score (nSPS) is 11.6. The molecule has 4 heteroatoms. The lowest BCUT2D eigenvalue weighted by Crippen LogP contribution is -2.16. The second-order valence-corrected chi connectivity index (χ2v) is 5.93. The van der Waals surface area contributed by atoms with Crippen molar-refractivity contribution in [1.82, 2.24) is 0 Å². The van der Waals surface area contributed by atoms with Crippen LogP contribution in [0.3, 0.4) is 0 Å². The minimum absolute atomic E-state index is 0.342. The van der Waals surface area contributed by atoms with Crippen molar-refractivity contribution >= 4 is 12.3 Å². The van der Waals surface area contributed by atoms with Crippen molar-refractivity contribution in [3.05, 3.63) is 89.7 Å². The maximum Gasteiger partial charge on any atom is 0.318 e. The standard InChI is InChI=1S/C22H17FO3/c1-15(22(25)26-19-10-7-16(14-24)8-11-19)18-9-12-20(21(23)13-18)17-5-3-2-4-6-17/h2-15H,1H3. The van der Waals surface area contributed by atoms with Crippen molar-refractivity contribution in [3.63, 3.8) is 0 Å². The lowest BCUT2D eigenvalue weighted by Gasteiger charge is -2.13. The highest BCUT2D eigenvalue weighted by molar-refractivity contribution is 5.81. The number of carbonyl (C=O) groups excluding carboxylic acids is 2. The Morgan fingerprint density at radius 1 is 1.00 bits per heavy atom. The van der Waals surface area contributed by atoms with Crippen molar-refractivity contribution in [3.8, 4) is 16.9 Å². The smallest absolute Gasteiger partial charge is 0.318 e. The average molecular weight is 348 g/mol. The first-order valence-corrected chi connectivity index (χ1v) is 8.20. The van der Waals surface area contributed by atoms with Gasteiger partial charge < -0.3 is 4.74 Å². The molecular formula is C22H17FO3. The van der Waals surface area contributed by atoms with Crippen LogP contribution in [0.1, 0.15) is 28.8 Å². The zero-order valence-corrected chi connectivity index (χ0v) is 14.2. The van der Waals surface area contributed by atoms with E-state index < -0.39 is 11.9 Å². The third-order valence-electron chi connectivity index (χ3n) is 4.17. The summed E-state index contributed by atoms with van der Waals surface area (Å²) in [5.41, 5.74) is 2.30. The van der Waals surface area contributed by atoms with Crippen molar-refractivity contribution < 1.29 is 18.7 Å². The molecule has 0 spiro atoms. The van der Waals surface area contributed by atoms with E-state index in [1.165, 1.54) is 6.07 Å². The Kier molecular flexibility index (Phi) is 5.23. The summed E-state index contributed by atoms with van der Waals surface area (Å²) in [4.78, 5) is 23.0. The van der Waals surface area contributed by atoms with Crippen molar-refractivity contribution in [2.45, 2.75) is 12.8 Å². The fourth-order valence-corrected chi connectivity index (χ4v) is 2.61. The van der Waals surface area contributed by atoms with E-state index >= 15 is 0 Å². The third-order valence-corrected chi connectivity index (χ3v) is 4.17. The largest absolute Gasteiger partial charge is 0.426 e. The number of benzene rings is 3. The van der Waals surface area contributed by atoms with Crippen LogP contribution < -0.4 is 4.74 Å². The van der Waals surface area contributed by atoms with Crippen LogP contribution in [0.25, 0.3) is 11.1 Å². The van der Waals surface area contributed by atoms with Crippen LogP contribution in [0.2, 0.25) is 0 Å². The van der Waals surface area contributed by atoms with Crippen LogP contribution in [0, 0.1) is 5.82 Å². The molecule has 0 bridgehead atoms. The summed E-state index contributed by atoms with van der Waals surface area (Å²) in [5, 5.41) is 0. The lowest BCUT2D eigenvalue weighted by atomic mass is 9.97. The van der Waals surface area contributed by atoms with Crippen molar-refractivity contribution in [1.29, 1.82) is 0 Å². The van der Waals surface area contributed by atoms with E-state index in [-0.39, 0.29) is 5.82 Å². The molecule has 0 saturated carbocycles. The van der Waals surface area contributed by atoms with E-state index in [0.717, 1.165) is 5.56 Å². The van der Waals surface area contributed by atoms with Gasteiger partial charge in [0.2, 0.25) is 0 Å².